The number of pyridine rings is 1. The third-order valence-corrected chi connectivity index (χ3v) is 6.85. The number of nitrogens with two attached hydrogens (primary N) is 1. The summed E-state index contributed by atoms with van der Waals surface area (Å²) in [4.78, 5) is 8.35. The zero-order valence-corrected chi connectivity index (χ0v) is 16.1. The van der Waals surface area contributed by atoms with Crippen LogP contribution in [0.2, 0.25) is 0 Å². The Labute approximate surface area is 177 Å². The van der Waals surface area contributed by atoms with Gasteiger partial charge >= 0.3 is 0 Å². The van der Waals surface area contributed by atoms with Crippen LogP contribution in [0.4, 0.5) is 4.39 Å². The molecule has 1 aliphatic heterocycles. The maximum absolute atomic E-state index is 14.5. The maximum atomic E-state index is 14.5. The number of hydrogen-bond donors (Lipinski definition) is 1. The minimum atomic E-state index is -2.50. The lowest BCUT2D eigenvalue weighted by molar-refractivity contribution is -0.0445. The van der Waals surface area contributed by atoms with E-state index in [4.69, 9.17) is 22.1 Å². The largest absolute Gasteiger partial charge is 0.462 e. The summed E-state index contributed by atoms with van der Waals surface area (Å²) in [6, 6.07) is 8.48. The van der Waals surface area contributed by atoms with Crippen molar-refractivity contribution in [1.82, 2.24) is 4.98 Å². The summed E-state index contributed by atoms with van der Waals surface area (Å²) in [5, 5.41) is 0. The lowest BCUT2D eigenvalue weighted by Crippen LogP contribution is -2.48. The molecule has 2 aliphatic carbocycles. The van der Waals surface area contributed by atoms with Crippen molar-refractivity contribution < 1.29 is 20.7 Å². The Hall–Kier alpha value is -2.47. The zero-order valence-electron chi connectivity index (χ0n) is 21.1. The highest BCUT2D eigenvalue weighted by atomic mass is 19.1. The van der Waals surface area contributed by atoms with Gasteiger partial charge in [0.25, 0.3) is 6.02 Å². The Bertz CT molecular complexity index is 1170. The van der Waals surface area contributed by atoms with E-state index in [-0.39, 0.29) is 11.9 Å². The number of halogens is 1. The molecule has 5 nitrogen and oxygen atoms in total. The van der Waals surface area contributed by atoms with E-state index in [2.05, 4.69) is 9.98 Å². The predicted molar refractivity (Wildman–Crippen MR) is 109 cm³/mol. The van der Waals surface area contributed by atoms with Gasteiger partial charge < -0.3 is 15.2 Å². The van der Waals surface area contributed by atoms with Crippen LogP contribution in [-0.4, -0.2) is 30.7 Å². The second-order valence-corrected chi connectivity index (χ2v) is 8.41. The maximum Gasteiger partial charge on any atom is 0.283 e. The molecular weight excluding hydrogens is 369 g/mol. The number of amidine groups is 1. The van der Waals surface area contributed by atoms with E-state index in [9.17, 15) is 4.39 Å². The van der Waals surface area contributed by atoms with Crippen molar-refractivity contribution in [3.05, 3.63) is 53.6 Å². The quantitative estimate of drug-likeness (QED) is 0.779. The molecule has 1 aromatic heterocycles. The molecule has 1 aromatic carbocycles. The third-order valence-electron chi connectivity index (χ3n) is 6.85. The van der Waals surface area contributed by atoms with Crippen LogP contribution in [0.15, 0.2) is 41.5 Å². The number of fused-ring (bicyclic) bond motifs is 3. The molecular formula is C23H26FN3O2. The molecule has 29 heavy (non-hydrogen) atoms. The fourth-order valence-corrected chi connectivity index (χ4v) is 5.51. The number of methoxy groups -OCH3 is 1. The molecule has 2 heterocycles. The normalized spacial score (nSPS) is 37.7. The van der Waals surface area contributed by atoms with Gasteiger partial charge in [-0.1, -0.05) is 19.1 Å². The smallest absolute Gasteiger partial charge is 0.283 e. The summed E-state index contributed by atoms with van der Waals surface area (Å²) >= 11 is 0. The lowest BCUT2D eigenvalue weighted by Gasteiger charge is -2.47. The molecule has 1 fully saturated rings. The predicted octanol–water partition coefficient (Wildman–Crippen LogP) is 3.81. The Balaban J connectivity index is 1.63. The topological polar surface area (TPSA) is 69.7 Å². The van der Waals surface area contributed by atoms with Gasteiger partial charge in [0.2, 0.25) is 5.95 Å². The first-order valence-corrected chi connectivity index (χ1v) is 9.84. The van der Waals surface area contributed by atoms with Crippen molar-refractivity contribution in [2.24, 2.45) is 22.1 Å². The first-order chi connectivity index (χ1) is 15.9. The number of benzene rings is 1. The van der Waals surface area contributed by atoms with Crippen LogP contribution in [0.1, 0.15) is 44.2 Å². The molecule has 6 heteroatoms. The molecule has 152 valence electrons. The summed E-state index contributed by atoms with van der Waals surface area (Å²) in [7, 11) is -2.50. The zero-order chi connectivity index (χ0) is 24.5. The van der Waals surface area contributed by atoms with E-state index >= 15 is 0 Å². The fraction of sp³-hybridized carbons (Fsp3) is 0.478. The molecule has 0 bridgehead atoms. The van der Waals surface area contributed by atoms with Crippen molar-refractivity contribution in [2.45, 2.75) is 44.2 Å². The summed E-state index contributed by atoms with van der Waals surface area (Å²) in [5.41, 5.74) is 6.16. The summed E-state index contributed by atoms with van der Waals surface area (Å²) in [5.74, 6) is -0.780. The average molecular weight is 401 g/mol. The first-order valence-electron chi connectivity index (χ1n) is 12.3. The van der Waals surface area contributed by atoms with E-state index in [1.54, 1.807) is 24.3 Å². The summed E-state index contributed by atoms with van der Waals surface area (Å²) in [6.45, 7) is -0.325. The number of nitrogens with zero attached hydrogens (tertiary/aromatic N) is 2. The third kappa shape index (κ3) is 2.61. The van der Waals surface area contributed by atoms with Crippen molar-refractivity contribution in [1.29, 1.82) is 0 Å². The Morgan fingerprint density at radius 2 is 2.31 bits per heavy atom. The monoisotopic (exact) mass is 400 g/mol. The van der Waals surface area contributed by atoms with E-state index in [0.717, 1.165) is 5.56 Å². The Kier molecular flexibility index (Phi) is 3.08. The van der Waals surface area contributed by atoms with Gasteiger partial charge in [0.15, 0.2) is 0 Å². The fourth-order valence-electron chi connectivity index (χ4n) is 5.51. The van der Waals surface area contributed by atoms with Gasteiger partial charge in [0.05, 0.1) is 13.0 Å². The minimum absolute atomic E-state index is 0.163. The molecule has 2 spiro atoms. The van der Waals surface area contributed by atoms with Crippen LogP contribution >= 0.6 is 0 Å². The van der Waals surface area contributed by atoms with E-state index in [1.165, 1.54) is 6.20 Å². The van der Waals surface area contributed by atoms with Crippen molar-refractivity contribution in [3.8, 4) is 11.1 Å². The lowest BCUT2D eigenvalue weighted by atomic mass is 9.59. The number of ether oxygens (including phenoxy) is 2. The molecule has 3 aliphatic rings. The van der Waals surface area contributed by atoms with Gasteiger partial charge in [-0.3, -0.25) is 0 Å². The van der Waals surface area contributed by atoms with E-state index < -0.39 is 36.6 Å². The Morgan fingerprint density at radius 3 is 3.03 bits per heavy atom. The van der Waals surface area contributed by atoms with Crippen LogP contribution in [0.5, 0.6) is 0 Å². The molecule has 0 saturated heterocycles. The van der Waals surface area contributed by atoms with Gasteiger partial charge in [0, 0.05) is 24.2 Å². The van der Waals surface area contributed by atoms with Gasteiger partial charge in [-0.25, -0.2) is 9.98 Å². The summed E-state index contributed by atoms with van der Waals surface area (Å²) < 4.78 is 65.5. The van der Waals surface area contributed by atoms with Crippen molar-refractivity contribution in [3.63, 3.8) is 0 Å². The van der Waals surface area contributed by atoms with Crippen molar-refractivity contribution in [2.75, 3.05) is 13.6 Å². The highest BCUT2D eigenvalue weighted by molar-refractivity contribution is 5.76. The van der Waals surface area contributed by atoms with Crippen LogP contribution in [0.25, 0.3) is 11.1 Å². The number of aliphatic imine (C=N–C) groups is 1. The highest BCUT2D eigenvalue weighted by Crippen LogP contribution is 2.62. The minimum Gasteiger partial charge on any atom is -0.462 e. The van der Waals surface area contributed by atoms with Gasteiger partial charge in [0.1, 0.15) is 12.1 Å². The molecule has 1 saturated carbocycles. The highest BCUT2D eigenvalue weighted by Gasteiger charge is 2.62. The van der Waals surface area contributed by atoms with Crippen LogP contribution in [-0.2, 0) is 21.4 Å². The Morgan fingerprint density at radius 1 is 1.41 bits per heavy atom. The average Bonchev–Trinajstić information content (AvgIpc) is 3.14. The van der Waals surface area contributed by atoms with Gasteiger partial charge in [-0.2, -0.15) is 4.39 Å². The molecule has 4 atom stereocenters. The van der Waals surface area contributed by atoms with Crippen LogP contribution in [0, 0.1) is 17.3 Å². The second kappa shape index (κ2) is 6.52. The second-order valence-electron chi connectivity index (χ2n) is 8.41. The van der Waals surface area contributed by atoms with Crippen LogP contribution in [0.3, 0.4) is 0 Å². The van der Waals surface area contributed by atoms with Crippen molar-refractivity contribution >= 4 is 6.02 Å². The SMILES string of the molecule is [2H]C([2H])([2H])O[C@H]1CC[C@@]2(Cc3ccc(-c4cccnc4F)cc3[C@@]23N=C(N)OC3([2H])[2H])C[C@@H]1C. The van der Waals surface area contributed by atoms with Gasteiger partial charge in [-0.05, 0) is 66.5 Å². The molecule has 0 unspecified atom stereocenters. The van der Waals surface area contributed by atoms with Crippen LogP contribution < -0.4 is 5.73 Å². The molecule has 0 amide bonds. The van der Waals surface area contributed by atoms with E-state index in [1.807, 2.05) is 13.0 Å². The molecule has 5 rings (SSSR count). The standard InChI is InChI=1S/C23H26FN3O2/c1-14-11-22(8-7-19(14)28-2)12-16-6-5-15(17-4-3-9-26-20(17)24)10-18(16)23(22)13-29-21(25)27-23/h3-6,9-10,14,19H,7-8,11-13H2,1-2H3,(H2,25,27)/t14-,19-,22-,23+/m0/s1/i2D3,13D2. The molecule has 2 aromatic rings. The molecule has 0 radical (unpaired) electrons. The van der Waals surface area contributed by atoms with Gasteiger partial charge in [-0.15, -0.1) is 0 Å². The first kappa shape index (κ1) is 13.7. The van der Waals surface area contributed by atoms with E-state index in [0.29, 0.717) is 42.4 Å². The summed E-state index contributed by atoms with van der Waals surface area (Å²) in [6.07, 6.45) is 2.79. The number of aromatic nitrogens is 1. The molecule has 2 N–H and O–H groups in total. The number of rotatable bonds is 2. The number of hydrogen-bond acceptors (Lipinski definition) is 5.